The van der Waals surface area contributed by atoms with Crippen molar-refractivity contribution >= 4 is 5.91 Å². The van der Waals surface area contributed by atoms with Crippen LogP contribution in [0.25, 0.3) is 0 Å². The molecule has 1 heterocycles. The highest BCUT2D eigenvalue weighted by Gasteiger charge is 2.17. The highest BCUT2D eigenvalue weighted by Crippen LogP contribution is 2.21. The van der Waals surface area contributed by atoms with E-state index in [1.54, 1.807) is 0 Å². The van der Waals surface area contributed by atoms with Crippen LogP contribution in [0.15, 0.2) is 30.0 Å². The zero-order chi connectivity index (χ0) is 13.8. The summed E-state index contributed by atoms with van der Waals surface area (Å²) in [5.74, 6) is 0.344. The minimum atomic E-state index is -0.117. The van der Waals surface area contributed by atoms with Crippen molar-refractivity contribution in [3.05, 3.63) is 46.7 Å². The Hall–Kier alpha value is -1.77. The molecule has 1 aromatic carbocycles. The molecule has 0 fully saturated rings. The monoisotopic (exact) mass is 259 g/mol. The molecule has 0 saturated carbocycles. The smallest absolute Gasteiger partial charge is 0.286 e. The van der Waals surface area contributed by atoms with Crippen molar-refractivity contribution in [3.63, 3.8) is 0 Å². The number of aryl methyl sites for hydroxylation is 1. The van der Waals surface area contributed by atoms with E-state index in [0.717, 1.165) is 18.4 Å². The van der Waals surface area contributed by atoms with Crippen LogP contribution in [0.1, 0.15) is 42.5 Å². The maximum absolute atomic E-state index is 12.1. The van der Waals surface area contributed by atoms with Crippen LogP contribution in [0, 0.1) is 13.8 Å². The van der Waals surface area contributed by atoms with Crippen LogP contribution in [0.4, 0.5) is 0 Å². The van der Waals surface area contributed by atoms with Gasteiger partial charge in [0.1, 0.15) is 0 Å². The standard InChI is InChI=1S/C16H21NO2/c1-11-7-6-8-14(12(11)2)13(3)17-16(18)15-9-4-5-10-19-15/h6-9,13H,4-5,10H2,1-3H3,(H,17,18). The largest absolute Gasteiger partial charge is 0.488 e. The molecule has 0 radical (unpaired) electrons. The van der Waals surface area contributed by atoms with E-state index in [4.69, 9.17) is 4.74 Å². The molecule has 3 nitrogen and oxygen atoms in total. The van der Waals surface area contributed by atoms with Crippen molar-refractivity contribution in [1.82, 2.24) is 5.32 Å². The second-order valence-corrected chi connectivity index (χ2v) is 5.04. The molecule has 1 N–H and O–H groups in total. The zero-order valence-electron chi connectivity index (χ0n) is 11.8. The Morgan fingerprint density at radius 2 is 2.16 bits per heavy atom. The van der Waals surface area contributed by atoms with Crippen molar-refractivity contribution in [1.29, 1.82) is 0 Å². The van der Waals surface area contributed by atoms with Crippen LogP contribution in [0.2, 0.25) is 0 Å². The van der Waals surface area contributed by atoms with Gasteiger partial charge >= 0.3 is 0 Å². The number of ether oxygens (including phenoxy) is 1. The Bertz CT molecular complexity index is 505. The van der Waals surface area contributed by atoms with Gasteiger partial charge in [-0.15, -0.1) is 0 Å². The molecular formula is C16H21NO2. The van der Waals surface area contributed by atoms with Gasteiger partial charge in [0.2, 0.25) is 0 Å². The van der Waals surface area contributed by atoms with E-state index in [-0.39, 0.29) is 11.9 Å². The van der Waals surface area contributed by atoms with Gasteiger partial charge in [-0.05, 0) is 56.4 Å². The average Bonchev–Trinajstić information content (AvgIpc) is 2.42. The minimum absolute atomic E-state index is 0.0150. The molecule has 3 heteroatoms. The van der Waals surface area contributed by atoms with Gasteiger partial charge in [0.15, 0.2) is 5.76 Å². The Kier molecular flexibility index (Phi) is 4.25. The minimum Gasteiger partial charge on any atom is -0.488 e. The molecule has 1 aliphatic heterocycles. The topological polar surface area (TPSA) is 38.3 Å². The fourth-order valence-electron chi connectivity index (χ4n) is 2.30. The molecule has 0 bridgehead atoms. The van der Waals surface area contributed by atoms with Crippen molar-refractivity contribution < 1.29 is 9.53 Å². The van der Waals surface area contributed by atoms with E-state index in [9.17, 15) is 4.79 Å². The van der Waals surface area contributed by atoms with Gasteiger partial charge in [-0.1, -0.05) is 18.2 Å². The Morgan fingerprint density at radius 3 is 2.84 bits per heavy atom. The lowest BCUT2D eigenvalue weighted by Crippen LogP contribution is -2.30. The predicted molar refractivity (Wildman–Crippen MR) is 75.7 cm³/mol. The summed E-state index contributed by atoms with van der Waals surface area (Å²) in [6.45, 7) is 6.81. The first kappa shape index (κ1) is 13.7. The average molecular weight is 259 g/mol. The summed E-state index contributed by atoms with van der Waals surface area (Å²) < 4.78 is 5.38. The summed E-state index contributed by atoms with van der Waals surface area (Å²) >= 11 is 0. The fourth-order valence-corrected chi connectivity index (χ4v) is 2.30. The van der Waals surface area contributed by atoms with Crippen LogP contribution < -0.4 is 5.32 Å². The summed E-state index contributed by atoms with van der Waals surface area (Å²) in [5, 5.41) is 3.00. The van der Waals surface area contributed by atoms with Crippen LogP contribution in [0.3, 0.4) is 0 Å². The van der Waals surface area contributed by atoms with E-state index >= 15 is 0 Å². The van der Waals surface area contributed by atoms with Gasteiger partial charge in [-0.25, -0.2) is 0 Å². The van der Waals surface area contributed by atoms with Gasteiger partial charge in [-0.2, -0.15) is 0 Å². The highest BCUT2D eigenvalue weighted by molar-refractivity contribution is 5.91. The summed E-state index contributed by atoms with van der Waals surface area (Å²) in [4.78, 5) is 12.1. The maximum Gasteiger partial charge on any atom is 0.286 e. The van der Waals surface area contributed by atoms with Crippen molar-refractivity contribution in [2.75, 3.05) is 6.61 Å². The maximum atomic E-state index is 12.1. The van der Waals surface area contributed by atoms with Gasteiger partial charge in [0.05, 0.1) is 12.6 Å². The molecule has 0 aromatic heterocycles. The van der Waals surface area contributed by atoms with Crippen LogP contribution in [-0.2, 0) is 9.53 Å². The number of benzene rings is 1. The van der Waals surface area contributed by atoms with Gasteiger partial charge in [0, 0.05) is 0 Å². The molecular weight excluding hydrogens is 238 g/mol. The number of allylic oxidation sites excluding steroid dienone is 1. The third-order valence-electron chi connectivity index (χ3n) is 3.62. The number of nitrogens with one attached hydrogen (secondary N) is 1. The number of hydrogen-bond acceptors (Lipinski definition) is 2. The normalized spacial score (nSPS) is 16.3. The lowest BCUT2D eigenvalue weighted by molar-refractivity contribution is -0.121. The molecule has 0 spiro atoms. The van der Waals surface area contributed by atoms with Crippen LogP contribution >= 0.6 is 0 Å². The van der Waals surface area contributed by atoms with Gasteiger partial charge in [0.25, 0.3) is 5.91 Å². The second-order valence-electron chi connectivity index (χ2n) is 5.04. The van der Waals surface area contributed by atoms with Crippen LogP contribution in [-0.4, -0.2) is 12.5 Å². The van der Waals surface area contributed by atoms with Crippen molar-refractivity contribution in [2.45, 2.75) is 39.7 Å². The number of carbonyl (C=O) groups is 1. The molecule has 1 amide bonds. The summed E-state index contributed by atoms with van der Waals surface area (Å²) in [5.41, 5.74) is 3.63. The van der Waals surface area contributed by atoms with E-state index in [1.165, 1.54) is 11.1 Å². The Morgan fingerprint density at radius 1 is 1.37 bits per heavy atom. The van der Waals surface area contributed by atoms with Gasteiger partial charge in [-0.3, -0.25) is 4.79 Å². The van der Waals surface area contributed by atoms with E-state index in [0.29, 0.717) is 12.4 Å². The molecule has 1 unspecified atom stereocenters. The van der Waals surface area contributed by atoms with Crippen molar-refractivity contribution in [2.24, 2.45) is 0 Å². The van der Waals surface area contributed by atoms with E-state index in [1.807, 2.05) is 19.1 Å². The lowest BCUT2D eigenvalue weighted by Gasteiger charge is -2.20. The third kappa shape index (κ3) is 3.16. The summed E-state index contributed by atoms with van der Waals surface area (Å²) in [6, 6.07) is 6.15. The third-order valence-corrected chi connectivity index (χ3v) is 3.62. The fraction of sp³-hybridized carbons (Fsp3) is 0.438. The number of rotatable bonds is 3. The Labute approximate surface area is 114 Å². The van der Waals surface area contributed by atoms with Crippen LogP contribution in [0.5, 0.6) is 0 Å². The summed E-state index contributed by atoms with van der Waals surface area (Å²) in [7, 11) is 0. The lowest BCUT2D eigenvalue weighted by atomic mass is 9.98. The molecule has 1 aliphatic rings. The number of carbonyl (C=O) groups excluding carboxylic acids is 1. The summed E-state index contributed by atoms with van der Waals surface area (Å²) in [6.07, 6.45) is 3.78. The second kappa shape index (κ2) is 5.91. The van der Waals surface area contributed by atoms with E-state index in [2.05, 4.69) is 31.3 Å². The van der Waals surface area contributed by atoms with Gasteiger partial charge < -0.3 is 10.1 Å². The highest BCUT2D eigenvalue weighted by atomic mass is 16.5. The molecule has 1 atom stereocenters. The first-order valence-corrected chi connectivity index (χ1v) is 6.79. The molecule has 2 rings (SSSR count). The molecule has 0 aliphatic carbocycles. The molecule has 19 heavy (non-hydrogen) atoms. The first-order chi connectivity index (χ1) is 9.09. The van der Waals surface area contributed by atoms with E-state index < -0.39 is 0 Å². The number of hydrogen-bond donors (Lipinski definition) is 1. The molecule has 1 aromatic rings. The predicted octanol–water partition coefficient (Wildman–Crippen LogP) is 3.17. The SMILES string of the molecule is Cc1cccc(C(C)NC(=O)C2=CCCCO2)c1C. The number of amides is 1. The van der Waals surface area contributed by atoms with Crippen molar-refractivity contribution in [3.8, 4) is 0 Å². The Balaban J connectivity index is 2.08. The quantitative estimate of drug-likeness (QED) is 0.905. The molecule has 0 saturated heterocycles. The molecule has 102 valence electrons. The zero-order valence-corrected chi connectivity index (χ0v) is 11.8. The first-order valence-electron chi connectivity index (χ1n) is 6.79.